The Kier molecular flexibility index (Phi) is 659. The minimum absolute atomic E-state index is 0. The Balaban J connectivity index is 0. The zero-order chi connectivity index (χ0) is 0. The Bertz CT molecular complexity index is 6.00. The maximum Gasteiger partial charge on any atom is 0 e. The molecule has 0 aliphatic heterocycles. The molecular formula is H4MoO2P-. The summed E-state index contributed by atoms with van der Waals surface area (Å²) in [5, 5.41) is 0. The molecule has 28 valence electrons. The molecule has 0 heterocycles. The summed E-state index contributed by atoms with van der Waals surface area (Å²) in [4.78, 5) is 0. The third-order valence-electron chi connectivity index (χ3n) is 0. The van der Waals surface area contributed by atoms with Gasteiger partial charge in [0, 0.05) is 26.5 Å². The van der Waals surface area contributed by atoms with Gasteiger partial charge >= 0.3 is 0 Å². The number of hydrogen-bond acceptors (Lipinski definition) is 1. The van der Waals surface area contributed by atoms with E-state index < -0.39 is 0 Å². The van der Waals surface area contributed by atoms with Crippen LogP contribution in [0, 0.1) is 0 Å². The Hall–Kier alpha value is 1.04. The van der Waals surface area contributed by atoms with Crippen LogP contribution in [0.15, 0.2) is 0 Å². The van der Waals surface area contributed by atoms with Crippen LogP contribution in [0.2, 0.25) is 0 Å². The Morgan fingerprint density at radius 3 is 1.00 bits per heavy atom. The molecule has 0 aliphatic carbocycles. The van der Waals surface area contributed by atoms with E-state index in [0.717, 1.165) is 0 Å². The SMILES string of the molecule is P.[Mo].[OH-].[O]. The van der Waals surface area contributed by atoms with Crippen molar-refractivity contribution >= 4 is 9.90 Å². The quantitative estimate of drug-likeness (QED) is 0.359. The summed E-state index contributed by atoms with van der Waals surface area (Å²) < 4.78 is 0. The fourth-order valence-corrected chi connectivity index (χ4v) is 0. The van der Waals surface area contributed by atoms with Gasteiger partial charge in [-0.25, -0.2) is 0 Å². The van der Waals surface area contributed by atoms with Crippen molar-refractivity contribution in [1.82, 2.24) is 0 Å². The maximum atomic E-state index is 0. The molecule has 1 N–H and O–H groups in total. The molecule has 0 rings (SSSR count). The molecule has 0 aromatic heterocycles. The fourth-order valence-electron chi connectivity index (χ4n) is 0. The van der Waals surface area contributed by atoms with Gasteiger partial charge in [-0.2, -0.15) is 9.90 Å². The van der Waals surface area contributed by atoms with Crippen LogP contribution in [0.1, 0.15) is 0 Å². The maximum absolute atomic E-state index is 0. The molecule has 2 nitrogen and oxygen atoms in total. The van der Waals surface area contributed by atoms with E-state index in [1.54, 1.807) is 0 Å². The molecule has 2 radical (unpaired) electrons. The van der Waals surface area contributed by atoms with Gasteiger partial charge in [-0.05, 0) is 0 Å². The minimum atomic E-state index is 0. The molecule has 0 spiro atoms. The first-order chi connectivity index (χ1) is 0. The largest absolute Gasteiger partial charge is 0.870 e. The van der Waals surface area contributed by atoms with Crippen molar-refractivity contribution in [2.75, 3.05) is 0 Å². The first-order valence-electron chi connectivity index (χ1n) is 0. The van der Waals surface area contributed by atoms with E-state index in [1.165, 1.54) is 0 Å². The molecule has 4 heavy (non-hydrogen) atoms. The zero-order valence-electron chi connectivity index (χ0n) is 1.97. The van der Waals surface area contributed by atoms with Crippen LogP contribution in [0.3, 0.4) is 0 Å². The molecule has 1 atom stereocenters. The van der Waals surface area contributed by atoms with Crippen LogP contribution in [-0.4, -0.2) is 5.48 Å². The average Bonchev–Trinajstić information content (AvgIpc) is 0. The van der Waals surface area contributed by atoms with Crippen molar-refractivity contribution in [2.24, 2.45) is 0 Å². The van der Waals surface area contributed by atoms with Crippen LogP contribution < -0.4 is 0 Å². The molecular weight excluding hydrogens is 159 g/mol. The molecule has 0 saturated carbocycles. The monoisotopic (exact) mass is 165 g/mol. The van der Waals surface area contributed by atoms with Gasteiger partial charge < -0.3 is 5.48 Å². The summed E-state index contributed by atoms with van der Waals surface area (Å²) in [6.07, 6.45) is 0. The summed E-state index contributed by atoms with van der Waals surface area (Å²) in [6, 6.07) is 0. The van der Waals surface area contributed by atoms with E-state index >= 15 is 0 Å². The summed E-state index contributed by atoms with van der Waals surface area (Å²) in [5.41, 5.74) is 0. The summed E-state index contributed by atoms with van der Waals surface area (Å²) in [7, 11) is 0. The number of rotatable bonds is 0. The first kappa shape index (κ1) is 76.2. The minimum Gasteiger partial charge on any atom is -0.870 e. The second-order valence-electron chi connectivity index (χ2n) is 0. The van der Waals surface area contributed by atoms with Gasteiger partial charge in [-0.15, -0.1) is 0 Å². The topological polar surface area (TPSA) is 58.5 Å². The van der Waals surface area contributed by atoms with Gasteiger partial charge in [-0.3, -0.25) is 0 Å². The predicted molar refractivity (Wildman–Crippen MR) is 13.7 cm³/mol. The second kappa shape index (κ2) is 34.6. The summed E-state index contributed by atoms with van der Waals surface area (Å²) >= 11 is 0. The molecule has 0 fully saturated rings. The standard InChI is InChI=1S/Mo.H2O.O.H3P/h;1H2;;1H3/p-1. The van der Waals surface area contributed by atoms with Crippen molar-refractivity contribution in [2.45, 2.75) is 0 Å². The fraction of sp³-hybridized carbons (Fsp3) is 0. The molecule has 0 aromatic carbocycles. The van der Waals surface area contributed by atoms with Gasteiger partial charge in [0.1, 0.15) is 0 Å². The van der Waals surface area contributed by atoms with Crippen LogP contribution >= 0.6 is 9.90 Å². The van der Waals surface area contributed by atoms with Crippen LogP contribution in [0.25, 0.3) is 0 Å². The van der Waals surface area contributed by atoms with Gasteiger partial charge in [0.2, 0.25) is 0 Å². The first-order valence-corrected chi connectivity index (χ1v) is 0. The molecule has 0 bridgehead atoms. The van der Waals surface area contributed by atoms with Gasteiger partial charge in [-0.1, -0.05) is 0 Å². The normalized spacial score (nSPS) is 0. The third-order valence-corrected chi connectivity index (χ3v) is 0. The Morgan fingerprint density at radius 1 is 1.00 bits per heavy atom. The summed E-state index contributed by atoms with van der Waals surface area (Å²) in [6.45, 7) is 0. The van der Waals surface area contributed by atoms with E-state index in [2.05, 4.69) is 0 Å². The van der Waals surface area contributed by atoms with Gasteiger partial charge in [0.25, 0.3) is 0 Å². The Labute approximate surface area is 42.5 Å². The summed E-state index contributed by atoms with van der Waals surface area (Å²) in [5.74, 6) is 0. The van der Waals surface area contributed by atoms with Crippen molar-refractivity contribution in [3.05, 3.63) is 0 Å². The average molecular weight is 163 g/mol. The molecule has 0 amide bonds. The van der Waals surface area contributed by atoms with Crippen molar-refractivity contribution in [3.8, 4) is 0 Å². The van der Waals surface area contributed by atoms with Gasteiger partial charge in [0.15, 0.2) is 0 Å². The van der Waals surface area contributed by atoms with E-state index in [-0.39, 0.29) is 41.9 Å². The number of hydrogen-bond donors (Lipinski definition) is 0. The zero-order valence-corrected chi connectivity index (χ0v) is 5.39. The van der Waals surface area contributed by atoms with Crippen molar-refractivity contribution in [3.63, 3.8) is 0 Å². The third kappa shape index (κ3) is 11.7. The van der Waals surface area contributed by atoms with Crippen LogP contribution in [-0.2, 0) is 26.5 Å². The molecule has 0 aromatic rings. The van der Waals surface area contributed by atoms with E-state index in [0.29, 0.717) is 0 Å². The molecule has 0 saturated heterocycles. The molecule has 0 aliphatic rings. The smallest absolute Gasteiger partial charge is 0 e. The molecule has 1 unspecified atom stereocenters. The van der Waals surface area contributed by atoms with Crippen molar-refractivity contribution < 1.29 is 32.0 Å². The van der Waals surface area contributed by atoms with E-state index in [9.17, 15) is 0 Å². The molecule has 4 heteroatoms. The van der Waals surface area contributed by atoms with Crippen LogP contribution in [0.5, 0.6) is 0 Å². The Morgan fingerprint density at radius 2 is 1.00 bits per heavy atom. The van der Waals surface area contributed by atoms with E-state index in [1.807, 2.05) is 0 Å². The van der Waals surface area contributed by atoms with E-state index in [4.69, 9.17) is 0 Å². The second-order valence-corrected chi connectivity index (χ2v) is 0. The van der Waals surface area contributed by atoms with Gasteiger partial charge in [0.05, 0.1) is 0 Å². The predicted octanol–water partition coefficient (Wildman–Crippen LogP) is -0.240. The van der Waals surface area contributed by atoms with Crippen LogP contribution in [0.4, 0.5) is 0 Å². The van der Waals surface area contributed by atoms with Crippen molar-refractivity contribution in [1.29, 1.82) is 0 Å².